The van der Waals surface area contributed by atoms with Crippen molar-refractivity contribution >= 4 is 27.7 Å². The van der Waals surface area contributed by atoms with E-state index >= 15 is 0 Å². The van der Waals surface area contributed by atoms with Crippen molar-refractivity contribution in [2.24, 2.45) is 10.9 Å². The lowest BCUT2D eigenvalue weighted by Gasteiger charge is -2.08. The minimum Gasteiger partial charge on any atom is -0.453 e. The van der Waals surface area contributed by atoms with Crippen molar-refractivity contribution in [2.75, 3.05) is 12.4 Å². The van der Waals surface area contributed by atoms with Crippen molar-refractivity contribution in [3.05, 3.63) is 23.8 Å². The van der Waals surface area contributed by atoms with E-state index in [2.05, 4.69) is 10.1 Å². The minimum absolute atomic E-state index is 0.107. The molecular weight excluding hydrogens is 262 g/mol. The third-order valence-corrected chi connectivity index (χ3v) is 2.94. The molecule has 0 atom stereocenters. The Morgan fingerprint density at radius 1 is 1.33 bits per heavy atom. The molecule has 0 heterocycles. The van der Waals surface area contributed by atoms with Crippen LogP contribution in [-0.2, 0) is 14.8 Å². The summed E-state index contributed by atoms with van der Waals surface area (Å²) in [7, 11) is -2.99. The quantitative estimate of drug-likeness (QED) is 0.687. The van der Waals surface area contributed by atoms with E-state index in [9.17, 15) is 18.0 Å². The SMILES string of the molecule is COC(=O)Nc1ccc(C(N)=O)c(S(N)(=O)=O)c1. The van der Waals surface area contributed by atoms with Gasteiger partial charge < -0.3 is 10.5 Å². The summed E-state index contributed by atoms with van der Waals surface area (Å²) in [6, 6.07) is 3.46. The molecule has 9 heteroatoms. The second-order valence-corrected chi connectivity index (χ2v) is 4.77. The summed E-state index contributed by atoms with van der Waals surface area (Å²) in [5, 5.41) is 7.19. The number of benzene rings is 1. The van der Waals surface area contributed by atoms with Crippen molar-refractivity contribution in [2.45, 2.75) is 4.90 Å². The largest absolute Gasteiger partial charge is 0.453 e. The lowest BCUT2D eigenvalue weighted by Crippen LogP contribution is -2.21. The zero-order chi connectivity index (χ0) is 13.9. The number of carbonyl (C=O) groups is 2. The van der Waals surface area contributed by atoms with E-state index in [1.807, 2.05) is 0 Å². The van der Waals surface area contributed by atoms with Gasteiger partial charge in [0.05, 0.1) is 17.6 Å². The smallest absolute Gasteiger partial charge is 0.411 e. The fourth-order valence-electron chi connectivity index (χ4n) is 1.21. The third kappa shape index (κ3) is 3.18. The standard InChI is InChI=1S/C9H11N3O5S/c1-17-9(14)12-5-2-3-6(8(10)13)7(4-5)18(11,15)16/h2-4H,1H3,(H2,10,13)(H,12,14)(H2,11,15,16). The van der Waals surface area contributed by atoms with Crippen LogP contribution in [0, 0.1) is 0 Å². The van der Waals surface area contributed by atoms with E-state index in [0.717, 1.165) is 19.2 Å². The zero-order valence-electron chi connectivity index (χ0n) is 9.34. The topological polar surface area (TPSA) is 142 Å². The molecule has 0 saturated carbocycles. The first-order valence-corrected chi connectivity index (χ1v) is 6.12. The lowest BCUT2D eigenvalue weighted by atomic mass is 10.2. The molecule has 0 bridgehead atoms. The maximum atomic E-state index is 11.3. The van der Waals surface area contributed by atoms with Gasteiger partial charge >= 0.3 is 6.09 Å². The predicted molar refractivity (Wildman–Crippen MR) is 62.4 cm³/mol. The van der Waals surface area contributed by atoms with Crippen molar-refractivity contribution < 1.29 is 22.7 Å². The molecular formula is C9H11N3O5S. The molecule has 0 saturated heterocycles. The van der Waals surface area contributed by atoms with Crippen LogP contribution in [0.25, 0.3) is 0 Å². The number of hydrogen-bond acceptors (Lipinski definition) is 5. The number of ether oxygens (including phenoxy) is 1. The van der Waals surface area contributed by atoms with E-state index in [4.69, 9.17) is 10.9 Å². The lowest BCUT2D eigenvalue weighted by molar-refractivity contribution is 0.0997. The Labute approximate surface area is 103 Å². The Morgan fingerprint density at radius 2 is 1.94 bits per heavy atom. The average Bonchev–Trinajstić information content (AvgIpc) is 2.27. The number of methoxy groups -OCH3 is 1. The molecule has 18 heavy (non-hydrogen) atoms. The van der Waals surface area contributed by atoms with Crippen LogP contribution in [0.4, 0.5) is 10.5 Å². The first-order valence-electron chi connectivity index (χ1n) is 4.57. The van der Waals surface area contributed by atoms with Gasteiger partial charge in [-0.2, -0.15) is 0 Å². The Bertz CT molecular complexity index is 596. The van der Waals surface area contributed by atoms with Crippen molar-refractivity contribution in [3.63, 3.8) is 0 Å². The van der Waals surface area contributed by atoms with Gasteiger partial charge in [0.1, 0.15) is 0 Å². The second-order valence-electron chi connectivity index (χ2n) is 3.24. The van der Waals surface area contributed by atoms with Gasteiger partial charge in [-0.1, -0.05) is 0 Å². The molecule has 1 aromatic rings. The number of carbonyl (C=O) groups excluding carboxylic acids is 2. The average molecular weight is 273 g/mol. The Balaban J connectivity index is 3.31. The van der Waals surface area contributed by atoms with Gasteiger partial charge in [0.2, 0.25) is 15.9 Å². The van der Waals surface area contributed by atoms with Gasteiger partial charge in [0, 0.05) is 5.69 Å². The van der Waals surface area contributed by atoms with Crippen LogP contribution in [0.15, 0.2) is 23.1 Å². The van der Waals surface area contributed by atoms with Crippen molar-refractivity contribution in [1.29, 1.82) is 0 Å². The molecule has 5 N–H and O–H groups in total. The fourth-order valence-corrected chi connectivity index (χ4v) is 1.97. The summed E-state index contributed by atoms with van der Waals surface area (Å²) >= 11 is 0. The van der Waals surface area contributed by atoms with Gasteiger partial charge in [0.25, 0.3) is 0 Å². The summed E-state index contributed by atoms with van der Waals surface area (Å²) in [5.74, 6) is -0.941. The maximum absolute atomic E-state index is 11.3. The van der Waals surface area contributed by atoms with E-state index < -0.39 is 26.9 Å². The van der Waals surface area contributed by atoms with Gasteiger partial charge in [0.15, 0.2) is 0 Å². The monoisotopic (exact) mass is 273 g/mol. The number of primary sulfonamides is 1. The van der Waals surface area contributed by atoms with Gasteiger partial charge in [-0.3, -0.25) is 10.1 Å². The Hall–Kier alpha value is -2.13. The number of nitrogens with two attached hydrogens (primary N) is 2. The van der Waals surface area contributed by atoms with Crippen LogP contribution in [0.3, 0.4) is 0 Å². The molecule has 0 unspecified atom stereocenters. The highest BCUT2D eigenvalue weighted by molar-refractivity contribution is 7.89. The van der Waals surface area contributed by atoms with E-state index in [1.165, 1.54) is 6.07 Å². The number of primary amides is 1. The number of rotatable bonds is 3. The number of sulfonamides is 1. The second kappa shape index (κ2) is 5.02. The maximum Gasteiger partial charge on any atom is 0.411 e. The number of amides is 2. The summed E-state index contributed by atoms with van der Waals surface area (Å²) in [5.41, 5.74) is 4.87. The molecule has 0 radical (unpaired) electrons. The molecule has 8 nitrogen and oxygen atoms in total. The van der Waals surface area contributed by atoms with Crippen LogP contribution in [0.1, 0.15) is 10.4 Å². The van der Waals surface area contributed by atoms with Crippen LogP contribution in [0.5, 0.6) is 0 Å². The van der Waals surface area contributed by atoms with Crippen molar-refractivity contribution in [1.82, 2.24) is 0 Å². The van der Waals surface area contributed by atoms with Crippen molar-refractivity contribution in [3.8, 4) is 0 Å². The molecule has 0 fully saturated rings. The number of hydrogen-bond donors (Lipinski definition) is 3. The van der Waals surface area contributed by atoms with Crippen LogP contribution in [0.2, 0.25) is 0 Å². The normalized spacial score (nSPS) is 10.8. The van der Waals surface area contributed by atoms with E-state index in [0.29, 0.717) is 0 Å². The highest BCUT2D eigenvalue weighted by Crippen LogP contribution is 2.19. The van der Waals surface area contributed by atoms with E-state index in [-0.39, 0.29) is 11.3 Å². The Morgan fingerprint density at radius 3 is 2.39 bits per heavy atom. The molecule has 1 aromatic carbocycles. The first kappa shape index (κ1) is 13.9. The van der Waals surface area contributed by atoms with Gasteiger partial charge in [-0.25, -0.2) is 18.4 Å². The van der Waals surface area contributed by atoms with Crippen LogP contribution < -0.4 is 16.2 Å². The molecule has 0 aromatic heterocycles. The predicted octanol–water partition coefficient (Wildman–Crippen LogP) is -0.389. The highest BCUT2D eigenvalue weighted by Gasteiger charge is 2.18. The van der Waals surface area contributed by atoms with Crippen LogP contribution in [-0.4, -0.2) is 27.5 Å². The first-order chi connectivity index (χ1) is 8.25. The number of nitrogens with one attached hydrogen (secondary N) is 1. The molecule has 98 valence electrons. The minimum atomic E-state index is -4.14. The van der Waals surface area contributed by atoms with Gasteiger partial charge in [-0.15, -0.1) is 0 Å². The molecule has 0 aliphatic heterocycles. The molecule has 1 rings (SSSR count). The van der Waals surface area contributed by atoms with Gasteiger partial charge in [-0.05, 0) is 18.2 Å². The summed E-state index contributed by atoms with van der Waals surface area (Å²) in [6.45, 7) is 0. The fraction of sp³-hybridized carbons (Fsp3) is 0.111. The molecule has 0 aliphatic carbocycles. The summed E-state index contributed by atoms with van der Waals surface area (Å²) in [4.78, 5) is 21.5. The summed E-state index contributed by atoms with van der Waals surface area (Å²) < 4.78 is 26.9. The molecule has 0 aliphatic rings. The summed E-state index contributed by atoms with van der Waals surface area (Å²) in [6.07, 6.45) is -0.790. The zero-order valence-corrected chi connectivity index (χ0v) is 10.2. The van der Waals surface area contributed by atoms with Crippen LogP contribution >= 0.6 is 0 Å². The van der Waals surface area contributed by atoms with E-state index in [1.54, 1.807) is 0 Å². The number of anilines is 1. The highest BCUT2D eigenvalue weighted by atomic mass is 32.2. The molecule has 0 spiro atoms. The molecule has 2 amide bonds. The Kier molecular flexibility index (Phi) is 3.89. The third-order valence-electron chi connectivity index (χ3n) is 1.99.